The van der Waals surface area contributed by atoms with E-state index in [1.807, 2.05) is 37.3 Å². The second-order valence-corrected chi connectivity index (χ2v) is 2.83. The Morgan fingerprint density at radius 3 is 2.36 bits per heavy atom. The molecule has 3 nitrogen and oxygen atoms in total. The van der Waals surface area contributed by atoms with E-state index in [1.54, 1.807) is 4.57 Å². The summed E-state index contributed by atoms with van der Waals surface area (Å²) in [5, 5.41) is 9.49. The van der Waals surface area contributed by atoms with Gasteiger partial charge in [-0.25, -0.2) is 4.98 Å². The largest absolute Gasteiger partial charge is 0.493 e. The number of aromatic hydroxyl groups is 1. The van der Waals surface area contributed by atoms with Crippen molar-refractivity contribution in [2.45, 2.75) is 14.4 Å². The minimum Gasteiger partial charge on any atom is -0.493 e. The summed E-state index contributed by atoms with van der Waals surface area (Å²) in [7, 11) is 0. The lowest BCUT2D eigenvalue weighted by molar-refractivity contribution is 0.441. The summed E-state index contributed by atoms with van der Waals surface area (Å²) in [4.78, 5) is 4.01. The quantitative estimate of drug-likeness (QED) is 0.750. The third-order valence-corrected chi connectivity index (χ3v) is 1.93. The van der Waals surface area contributed by atoms with Gasteiger partial charge >= 0.3 is 0 Å². The molecule has 0 amide bonds. The molecular weight excluding hydrogens is 176 g/mol. The normalized spacial score (nSPS) is 9.50. The highest BCUT2D eigenvalue weighted by Crippen LogP contribution is 2.18. The molecule has 0 aliphatic rings. The van der Waals surface area contributed by atoms with Gasteiger partial charge in [-0.1, -0.05) is 25.6 Å². The van der Waals surface area contributed by atoms with Crippen LogP contribution in [0.25, 0.3) is 5.69 Å². The Hall–Kier alpha value is -1.77. The SMILES string of the molecule is C.Cc1ncc(O)n1-c1ccccc1. The van der Waals surface area contributed by atoms with Crippen molar-refractivity contribution >= 4 is 0 Å². The molecule has 0 aliphatic heterocycles. The summed E-state index contributed by atoms with van der Waals surface area (Å²) in [5.41, 5.74) is 0.926. The van der Waals surface area contributed by atoms with Crippen molar-refractivity contribution in [2.75, 3.05) is 0 Å². The lowest BCUT2D eigenvalue weighted by atomic mass is 10.3. The average Bonchev–Trinajstić information content (AvgIpc) is 2.48. The number of imidazole rings is 1. The van der Waals surface area contributed by atoms with Gasteiger partial charge in [0.15, 0.2) is 0 Å². The minimum atomic E-state index is 0. The predicted octanol–water partition coefficient (Wildman–Crippen LogP) is 2.52. The van der Waals surface area contributed by atoms with E-state index in [0.717, 1.165) is 11.5 Å². The lowest BCUT2D eigenvalue weighted by Crippen LogP contribution is -1.95. The van der Waals surface area contributed by atoms with E-state index in [2.05, 4.69) is 4.98 Å². The first-order valence-electron chi connectivity index (χ1n) is 4.08. The number of nitrogens with zero attached hydrogens (tertiary/aromatic N) is 2. The van der Waals surface area contributed by atoms with E-state index in [0.29, 0.717) is 0 Å². The van der Waals surface area contributed by atoms with E-state index in [4.69, 9.17) is 0 Å². The third-order valence-electron chi connectivity index (χ3n) is 1.93. The van der Waals surface area contributed by atoms with Gasteiger partial charge in [0.25, 0.3) is 0 Å². The van der Waals surface area contributed by atoms with Crippen molar-refractivity contribution in [3.05, 3.63) is 42.4 Å². The molecule has 74 valence electrons. The molecule has 1 N–H and O–H groups in total. The Morgan fingerprint density at radius 1 is 1.21 bits per heavy atom. The second-order valence-electron chi connectivity index (χ2n) is 2.83. The summed E-state index contributed by atoms with van der Waals surface area (Å²) < 4.78 is 1.69. The molecule has 14 heavy (non-hydrogen) atoms. The molecule has 2 aromatic rings. The number of hydrogen-bond donors (Lipinski definition) is 1. The maximum absolute atomic E-state index is 9.49. The van der Waals surface area contributed by atoms with E-state index < -0.39 is 0 Å². The molecule has 0 aliphatic carbocycles. The summed E-state index contributed by atoms with van der Waals surface area (Å²) in [6.45, 7) is 1.85. The zero-order valence-electron chi connectivity index (χ0n) is 7.31. The van der Waals surface area contributed by atoms with Gasteiger partial charge in [0.05, 0.1) is 11.9 Å². The van der Waals surface area contributed by atoms with Crippen LogP contribution in [0.15, 0.2) is 36.5 Å². The van der Waals surface area contributed by atoms with E-state index in [-0.39, 0.29) is 13.3 Å². The number of para-hydroxylation sites is 1. The molecule has 0 atom stereocenters. The highest BCUT2D eigenvalue weighted by Gasteiger charge is 2.05. The monoisotopic (exact) mass is 190 g/mol. The van der Waals surface area contributed by atoms with E-state index in [1.165, 1.54) is 6.20 Å². The van der Waals surface area contributed by atoms with Gasteiger partial charge < -0.3 is 5.11 Å². The Labute approximate surface area is 83.7 Å². The van der Waals surface area contributed by atoms with Crippen LogP contribution >= 0.6 is 0 Å². The molecule has 3 heteroatoms. The molecule has 0 fully saturated rings. The van der Waals surface area contributed by atoms with E-state index >= 15 is 0 Å². The summed E-state index contributed by atoms with van der Waals surface area (Å²) >= 11 is 0. The maximum Gasteiger partial charge on any atom is 0.216 e. The molecule has 0 spiro atoms. The highest BCUT2D eigenvalue weighted by atomic mass is 16.3. The number of aromatic nitrogens is 2. The molecule has 1 heterocycles. The van der Waals surface area contributed by atoms with Crippen LogP contribution in [0.2, 0.25) is 0 Å². The fourth-order valence-corrected chi connectivity index (χ4v) is 1.33. The number of rotatable bonds is 1. The fourth-order valence-electron chi connectivity index (χ4n) is 1.33. The Bertz CT molecular complexity index is 387. The number of aryl methyl sites for hydroxylation is 1. The van der Waals surface area contributed by atoms with Crippen molar-refractivity contribution in [1.29, 1.82) is 0 Å². The average molecular weight is 190 g/mol. The van der Waals surface area contributed by atoms with Crippen molar-refractivity contribution in [1.82, 2.24) is 9.55 Å². The Kier molecular flexibility index (Phi) is 2.92. The van der Waals surface area contributed by atoms with Gasteiger partial charge in [0, 0.05) is 0 Å². The predicted molar refractivity (Wildman–Crippen MR) is 56.7 cm³/mol. The maximum atomic E-state index is 9.49. The van der Waals surface area contributed by atoms with Crippen molar-refractivity contribution in [3.8, 4) is 11.6 Å². The van der Waals surface area contributed by atoms with Crippen LogP contribution in [0.1, 0.15) is 13.3 Å². The smallest absolute Gasteiger partial charge is 0.216 e. The number of benzene rings is 1. The minimum absolute atomic E-state index is 0. The van der Waals surface area contributed by atoms with Crippen molar-refractivity contribution in [2.24, 2.45) is 0 Å². The highest BCUT2D eigenvalue weighted by molar-refractivity contribution is 5.36. The molecular formula is C11H14N2O. The van der Waals surface area contributed by atoms with Crippen LogP contribution in [0.5, 0.6) is 5.88 Å². The molecule has 0 radical (unpaired) electrons. The van der Waals surface area contributed by atoms with Gasteiger partial charge in [-0.15, -0.1) is 0 Å². The van der Waals surface area contributed by atoms with Crippen LogP contribution < -0.4 is 0 Å². The second kappa shape index (κ2) is 3.96. The zero-order chi connectivity index (χ0) is 9.26. The van der Waals surface area contributed by atoms with Crippen LogP contribution in [-0.4, -0.2) is 14.7 Å². The van der Waals surface area contributed by atoms with Gasteiger partial charge in [-0.05, 0) is 19.1 Å². The topological polar surface area (TPSA) is 38.1 Å². The fraction of sp³-hybridized carbons (Fsp3) is 0.182. The standard InChI is InChI=1S/C10H10N2O.CH4/c1-8-11-7-10(13)12(8)9-5-3-2-4-6-9;/h2-7,13H,1H3;1H4. The Morgan fingerprint density at radius 2 is 1.86 bits per heavy atom. The van der Waals surface area contributed by atoms with Gasteiger partial charge in [0.1, 0.15) is 5.82 Å². The van der Waals surface area contributed by atoms with Crippen molar-refractivity contribution in [3.63, 3.8) is 0 Å². The molecule has 0 saturated carbocycles. The first-order valence-corrected chi connectivity index (χ1v) is 4.08. The molecule has 0 bridgehead atoms. The third kappa shape index (κ3) is 1.62. The summed E-state index contributed by atoms with van der Waals surface area (Å²) in [6.07, 6.45) is 1.45. The summed E-state index contributed by atoms with van der Waals surface area (Å²) in [6, 6.07) is 9.64. The number of hydrogen-bond acceptors (Lipinski definition) is 2. The first-order chi connectivity index (χ1) is 6.29. The Balaban J connectivity index is 0.000000980. The van der Waals surface area contributed by atoms with Crippen LogP contribution in [0.3, 0.4) is 0 Å². The first kappa shape index (κ1) is 10.3. The molecule has 1 aromatic heterocycles. The zero-order valence-corrected chi connectivity index (χ0v) is 7.31. The molecule has 2 rings (SSSR count). The van der Waals surface area contributed by atoms with Gasteiger partial charge in [0.2, 0.25) is 5.88 Å². The van der Waals surface area contributed by atoms with Crippen LogP contribution in [0, 0.1) is 6.92 Å². The lowest BCUT2D eigenvalue weighted by Gasteiger charge is -2.04. The summed E-state index contributed by atoms with van der Waals surface area (Å²) in [5.74, 6) is 0.951. The van der Waals surface area contributed by atoms with E-state index in [9.17, 15) is 5.11 Å². The molecule has 0 saturated heterocycles. The van der Waals surface area contributed by atoms with Crippen molar-refractivity contribution < 1.29 is 5.11 Å². The van der Waals surface area contributed by atoms with Crippen LogP contribution in [0.4, 0.5) is 0 Å². The van der Waals surface area contributed by atoms with Crippen LogP contribution in [-0.2, 0) is 0 Å². The van der Waals surface area contributed by atoms with Gasteiger partial charge in [-0.3, -0.25) is 4.57 Å². The molecule has 0 unspecified atom stereocenters. The van der Waals surface area contributed by atoms with Gasteiger partial charge in [-0.2, -0.15) is 0 Å². The molecule has 1 aromatic carbocycles.